The SMILES string of the molecule is CCN(C)CC(N)=O.CN(C)C(CO)C(N)=O. The molecule has 0 fully saturated rings. The molecule has 17 heavy (non-hydrogen) atoms. The van der Waals surface area contributed by atoms with Gasteiger partial charge in [-0.15, -0.1) is 0 Å². The average Bonchev–Trinajstić information content (AvgIpc) is 2.17. The Balaban J connectivity index is 0. The minimum atomic E-state index is -0.551. The lowest BCUT2D eigenvalue weighted by molar-refractivity contribution is -0.123. The molecular formula is C10H24N4O3. The van der Waals surface area contributed by atoms with Crippen LogP contribution < -0.4 is 11.5 Å². The predicted octanol–water partition coefficient (Wildman–Crippen LogP) is -2.18. The standard InChI is InChI=1S/C5H12N2O2.C5H12N2O/c1-7(2)4(3-8)5(6)9;1-3-7(2)4-5(6)8/h4,8H,3H2,1-2H3,(H2,6,9);3-4H2,1-2H3,(H2,6,8). The van der Waals surface area contributed by atoms with E-state index in [4.69, 9.17) is 16.6 Å². The van der Waals surface area contributed by atoms with E-state index < -0.39 is 11.9 Å². The van der Waals surface area contributed by atoms with Crippen LogP contribution in [0.4, 0.5) is 0 Å². The first kappa shape index (κ1) is 18.2. The molecule has 0 aliphatic rings. The van der Waals surface area contributed by atoms with Crippen molar-refractivity contribution in [1.82, 2.24) is 9.80 Å². The van der Waals surface area contributed by atoms with Crippen LogP contribution in [0.3, 0.4) is 0 Å². The first-order chi connectivity index (χ1) is 7.76. The number of amides is 2. The molecule has 0 aromatic heterocycles. The van der Waals surface area contributed by atoms with Crippen molar-refractivity contribution in [3.8, 4) is 0 Å². The molecule has 102 valence electrons. The van der Waals surface area contributed by atoms with E-state index in [0.717, 1.165) is 6.54 Å². The highest BCUT2D eigenvalue weighted by Crippen LogP contribution is 1.88. The smallest absolute Gasteiger partial charge is 0.237 e. The number of rotatable bonds is 6. The molecule has 0 bridgehead atoms. The third-order valence-electron chi connectivity index (χ3n) is 2.09. The maximum absolute atomic E-state index is 10.4. The number of primary amides is 2. The zero-order valence-corrected chi connectivity index (χ0v) is 11.0. The highest BCUT2D eigenvalue weighted by molar-refractivity contribution is 5.79. The second-order valence-electron chi connectivity index (χ2n) is 3.86. The van der Waals surface area contributed by atoms with E-state index in [0.29, 0.717) is 6.54 Å². The van der Waals surface area contributed by atoms with Gasteiger partial charge in [0.25, 0.3) is 0 Å². The second-order valence-corrected chi connectivity index (χ2v) is 3.86. The fraction of sp³-hybridized carbons (Fsp3) is 0.800. The Morgan fingerprint density at radius 3 is 1.76 bits per heavy atom. The second kappa shape index (κ2) is 10.0. The Kier molecular flexibility index (Phi) is 10.7. The van der Waals surface area contributed by atoms with E-state index in [1.54, 1.807) is 19.0 Å². The lowest BCUT2D eigenvalue weighted by atomic mass is 10.3. The molecule has 7 heteroatoms. The molecule has 0 spiro atoms. The summed E-state index contributed by atoms with van der Waals surface area (Å²) < 4.78 is 0. The summed E-state index contributed by atoms with van der Waals surface area (Å²) >= 11 is 0. The highest BCUT2D eigenvalue weighted by atomic mass is 16.3. The van der Waals surface area contributed by atoms with Crippen molar-refractivity contribution in [1.29, 1.82) is 0 Å². The molecule has 0 aliphatic heterocycles. The number of hydrogen-bond acceptors (Lipinski definition) is 5. The van der Waals surface area contributed by atoms with Crippen molar-refractivity contribution in [3.63, 3.8) is 0 Å². The largest absolute Gasteiger partial charge is 0.394 e. The molecule has 0 rings (SSSR count). The third kappa shape index (κ3) is 11.1. The van der Waals surface area contributed by atoms with Crippen molar-refractivity contribution < 1.29 is 14.7 Å². The monoisotopic (exact) mass is 248 g/mol. The maximum atomic E-state index is 10.4. The van der Waals surface area contributed by atoms with Gasteiger partial charge in [0, 0.05) is 0 Å². The fourth-order valence-electron chi connectivity index (χ4n) is 0.886. The molecule has 0 aromatic rings. The van der Waals surface area contributed by atoms with Gasteiger partial charge < -0.3 is 16.6 Å². The van der Waals surface area contributed by atoms with E-state index >= 15 is 0 Å². The summed E-state index contributed by atoms with van der Waals surface area (Å²) in [5.41, 5.74) is 9.80. The van der Waals surface area contributed by atoms with Gasteiger partial charge in [0.2, 0.25) is 11.8 Å². The zero-order chi connectivity index (χ0) is 14.0. The normalized spacial score (nSPS) is 11.9. The molecule has 0 saturated carbocycles. The molecular weight excluding hydrogens is 224 g/mol. The van der Waals surface area contributed by atoms with Crippen LogP contribution in [0.25, 0.3) is 0 Å². The van der Waals surface area contributed by atoms with Crippen molar-refractivity contribution in [2.75, 3.05) is 40.8 Å². The van der Waals surface area contributed by atoms with Crippen LogP contribution in [0.2, 0.25) is 0 Å². The van der Waals surface area contributed by atoms with E-state index in [9.17, 15) is 9.59 Å². The first-order valence-electron chi connectivity index (χ1n) is 5.29. The van der Waals surface area contributed by atoms with Crippen LogP contribution in [0.1, 0.15) is 6.92 Å². The van der Waals surface area contributed by atoms with Gasteiger partial charge in [0.05, 0.1) is 13.2 Å². The van der Waals surface area contributed by atoms with Crippen LogP contribution >= 0.6 is 0 Å². The highest BCUT2D eigenvalue weighted by Gasteiger charge is 2.14. The lowest BCUT2D eigenvalue weighted by Crippen LogP contribution is -2.42. The summed E-state index contributed by atoms with van der Waals surface area (Å²) in [4.78, 5) is 24.0. The van der Waals surface area contributed by atoms with Gasteiger partial charge in [-0.3, -0.25) is 19.4 Å². The summed E-state index contributed by atoms with van der Waals surface area (Å²) in [5, 5.41) is 8.52. The average molecular weight is 248 g/mol. The van der Waals surface area contributed by atoms with Crippen molar-refractivity contribution in [2.45, 2.75) is 13.0 Å². The van der Waals surface area contributed by atoms with E-state index in [1.165, 1.54) is 0 Å². The van der Waals surface area contributed by atoms with E-state index in [-0.39, 0.29) is 12.5 Å². The fourth-order valence-corrected chi connectivity index (χ4v) is 0.886. The molecule has 0 radical (unpaired) electrons. The first-order valence-corrected chi connectivity index (χ1v) is 5.29. The maximum Gasteiger partial charge on any atom is 0.237 e. The molecule has 5 N–H and O–H groups in total. The topological polar surface area (TPSA) is 113 Å². The number of nitrogens with zero attached hydrogens (tertiary/aromatic N) is 2. The van der Waals surface area contributed by atoms with Crippen LogP contribution in [0.15, 0.2) is 0 Å². The Morgan fingerprint density at radius 1 is 1.24 bits per heavy atom. The number of hydrogen-bond donors (Lipinski definition) is 3. The Labute approximate surface area is 102 Å². The Morgan fingerprint density at radius 2 is 1.71 bits per heavy atom. The van der Waals surface area contributed by atoms with Crippen LogP contribution in [-0.4, -0.2) is 73.6 Å². The number of aliphatic hydroxyl groups is 1. The molecule has 0 heterocycles. The summed E-state index contributed by atoms with van der Waals surface area (Å²) in [6.07, 6.45) is 0. The van der Waals surface area contributed by atoms with Gasteiger partial charge in [0.15, 0.2) is 0 Å². The molecule has 1 atom stereocenters. The quantitative estimate of drug-likeness (QED) is 0.494. The van der Waals surface area contributed by atoms with Gasteiger partial charge >= 0.3 is 0 Å². The zero-order valence-electron chi connectivity index (χ0n) is 11.0. The summed E-state index contributed by atoms with van der Waals surface area (Å²) in [7, 11) is 5.22. The summed E-state index contributed by atoms with van der Waals surface area (Å²) in [6.45, 7) is 2.98. The predicted molar refractivity (Wildman–Crippen MR) is 66.1 cm³/mol. The minimum Gasteiger partial charge on any atom is -0.394 e. The van der Waals surface area contributed by atoms with E-state index in [2.05, 4.69) is 0 Å². The molecule has 0 saturated heterocycles. The number of likely N-dealkylation sites (N-methyl/N-ethyl adjacent to an activating group) is 2. The molecule has 2 amide bonds. The van der Waals surface area contributed by atoms with Crippen molar-refractivity contribution >= 4 is 11.8 Å². The van der Waals surface area contributed by atoms with Crippen LogP contribution in [0.5, 0.6) is 0 Å². The molecule has 7 nitrogen and oxygen atoms in total. The number of carbonyl (C=O) groups excluding carboxylic acids is 2. The van der Waals surface area contributed by atoms with E-state index in [1.807, 2.05) is 18.9 Å². The van der Waals surface area contributed by atoms with Gasteiger partial charge in [-0.2, -0.15) is 0 Å². The van der Waals surface area contributed by atoms with Crippen LogP contribution in [-0.2, 0) is 9.59 Å². The molecule has 1 unspecified atom stereocenters. The van der Waals surface area contributed by atoms with Crippen molar-refractivity contribution in [2.24, 2.45) is 11.5 Å². The molecule has 0 aliphatic carbocycles. The third-order valence-corrected chi connectivity index (χ3v) is 2.09. The summed E-state index contributed by atoms with van der Waals surface area (Å²) in [6, 6.07) is -0.551. The minimum absolute atomic E-state index is 0.220. The van der Waals surface area contributed by atoms with Gasteiger partial charge in [0.1, 0.15) is 6.04 Å². The van der Waals surface area contributed by atoms with Gasteiger partial charge in [-0.1, -0.05) is 6.92 Å². The Bertz CT molecular complexity index is 234. The summed E-state index contributed by atoms with van der Waals surface area (Å²) in [5.74, 6) is -0.767. The number of carbonyl (C=O) groups is 2. The van der Waals surface area contributed by atoms with Gasteiger partial charge in [-0.05, 0) is 27.7 Å². The number of nitrogens with two attached hydrogens (primary N) is 2. The molecule has 0 aromatic carbocycles. The van der Waals surface area contributed by atoms with Crippen LogP contribution in [0, 0.1) is 0 Å². The number of aliphatic hydroxyl groups excluding tert-OH is 1. The Hall–Kier alpha value is -1.18. The van der Waals surface area contributed by atoms with Gasteiger partial charge in [-0.25, -0.2) is 0 Å². The lowest BCUT2D eigenvalue weighted by Gasteiger charge is -2.17. The van der Waals surface area contributed by atoms with Crippen molar-refractivity contribution in [3.05, 3.63) is 0 Å².